The highest BCUT2D eigenvalue weighted by Gasteiger charge is 2.47. The summed E-state index contributed by atoms with van der Waals surface area (Å²) in [6.07, 6.45) is 8.52. The largest absolute Gasteiger partial charge is 0.447 e. The molecule has 0 N–H and O–H groups in total. The number of rotatable bonds is 11. The van der Waals surface area contributed by atoms with Crippen molar-refractivity contribution in [2.45, 2.75) is 35.9 Å². The number of hydrogen-bond donors (Lipinski definition) is 0. The van der Waals surface area contributed by atoms with Gasteiger partial charge in [0.15, 0.2) is 11.9 Å². The normalized spacial score (nSPS) is 18.4. The minimum Gasteiger partial charge on any atom is -0.447 e. The highest BCUT2D eigenvalue weighted by molar-refractivity contribution is 8.00. The second kappa shape index (κ2) is 15.7. The standard InChI is InChI=1S/C35H29ClF3N4O4S/c1-22-28(7-5-8-30(22)36)34(44)47-35(19-43-21-41-20-42-43,29-13-12-26(37)15-32(29)39)23(2)48-27-17-45-33(46-18-27)9-4-3-6-25-11-10-24(16-40)14-31(25)38/h3-15,20-21,23,27,33H,1,17-19H2,2H3/b6-3+,9-4+/t23-,27-,33-,35-/m1/s1. The highest BCUT2D eigenvalue weighted by Crippen LogP contribution is 2.42. The van der Waals surface area contributed by atoms with E-state index in [1.54, 1.807) is 43.4 Å². The molecular formula is C35H29ClF3N4O4S. The summed E-state index contributed by atoms with van der Waals surface area (Å²) in [7, 11) is 0. The molecule has 3 aromatic carbocycles. The van der Waals surface area contributed by atoms with Gasteiger partial charge in [0.05, 0.1) is 42.2 Å². The smallest absolute Gasteiger partial charge is 0.339 e. The van der Waals surface area contributed by atoms with E-state index in [-0.39, 0.29) is 52.3 Å². The fourth-order valence-electron chi connectivity index (χ4n) is 5.10. The molecule has 1 saturated heterocycles. The molecule has 1 aliphatic heterocycles. The van der Waals surface area contributed by atoms with Crippen molar-refractivity contribution < 1.29 is 32.2 Å². The van der Waals surface area contributed by atoms with Crippen LogP contribution in [0.15, 0.2) is 85.5 Å². The molecule has 2 atom stereocenters. The number of thioether (sulfide) groups is 1. The Hall–Kier alpha value is -4.41. The number of nitrogens with zero attached hydrogens (tertiary/aromatic N) is 4. The Morgan fingerprint density at radius 2 is 1.98 bits per heavy atom. The molecule has 0 spiro atoms. The topological polar surface area (TPSA) is 99.3 Å². The lowest BCUT2D eigenvalue weighted by Crippen LogP contribution is -2.47. The molecule has 4 aromatic rings. The summed E-state index contributed by atoms with van der Waals surface area (Å²) < 4.78 is 63.3. The van der Waals surface area contributed by atoms with E-state index in [1.165, 1.54) is 53.4 Å². The summed E-state index contributed by atoms with van der Waals surface area (Å²) in [4.78, 5) is 17.7. The summed E-state index contributed by atoms with van der Waals surface area (Å²) in [6, 6.07) is 13.8. The maximum absolute atomic E-state index is 15.7. The van der Waals surface area contributed by atoms with Crippen LogP contribution in [0, 0.1) is 35.7 Å². The lowest BCUT2D eigenvalue weighted by molar-refractivity contribution is -0.146. The molecule has 247 valence electrons. The molecule has 1 radical (unpaired) electrons. The van der Waals surface area contributed by atoms with E-state index in [1.807, 2.05) is 6.07 Å². The van der Waals surface area contributed by atoms with Gasteiger partial charge in [-0.1, -0.05) is 42.0 Å². The van der Waals surface area contributed by atoms with Gasteiger partial charge in [-0.25, -0.2) is 27.6 Å². The minimum atomic E-state index is -1.73. The average molecular weight is 694 g/mol. The van der Waals surface area contributed by atoms with E-state index < -0.39 is 40.6 Å². The SMILES string of the molecule is [CH2]c1c(Cl)cccc1C(=O)O[C@@](Cn1cncn1)(c1ccc(F)cc1F)[C@@H](C)S[C@H]1CO[C@H](/C=C/C=C/c2ccc(C#N)cc2F)OC1. The summed E-state index contributed by atoms with van der Waals surface area (Å²) in [5.74, 6) is -3.03. The molecule has 5 rings (SSSR count). The van der Waals surface area contributed by atoms with Gasteiger partial charge in [-0.2, -0.15) is 10.4 Å². The molecule has 8 nitrogen and oxygen atoms in total. The number of benzene rings is 3. The Labute approximate surface area is 284 Å². The van der Waals surface area contributed by atoms with Crippen LogP contribution in [0.2, 0.25) is 5.02 Å². The monoisotopic (exact) mass is 693 g/mol. The number of halogens is 4. The number of hydrogen-bond acceptors (Lipinski definition) is 8. The third-order valence-electron chi connectivity index (χ3n) is 7.59. The van der Waals surface area contributed by atoms with E-state index in [0.717, 1.165) is 18.2 Å². The van der Waals surface area contributed by atoms with E-state index >= 15 is 4.39 Å². The Morgan fingerprint density at radius 3 is 2.67 bits per heavy atom. The molecule has 0 unspecified atom stereocenters. The fourth-order valence-corrected chi connectivity index (χ4v) is 6.63. The van der Waals surface area contributed by atoms with E-state index in [4.69, 9.17) is 31.1 Å². The molecule has 2 heterocycles. The number of carbonyl (C=O) groups excluding carboxylic acids is 1. The van der Waals surface area contributed by atoms with Crippen molar-refractivity contribution in [3.05, 3.63) is 143 Å². The van der Waals surface area contributed by atoms with E-state index in [2.05, 4.69) is 17.0 Å². The molecule has 0 aliphatic carbocycles. The van der Waals surface area contributed by atoms with Crippen molar-refractivity contribution in [3.8, 4) is 6.07 Å². The van der Waals surface area contributed by atoms with E-state index in [0.29, 0.717) is 5.56 Å². The van der Waals surface area contributed by atoms with Gasteiger partial charge < -0.3 is 14.2 Å². The minimum absolute atomic E-state index is 0.0654. The molecule has 0 saturated carbocycles. The summed E-state index contributed by atoms with van der Waals surface area (Å²) in [6.45, 7) is 5.95. The third kappa shape index (κ3) is 8.17. The molecule has 0 bridgehead atoms. The van der Waals surface area contributed by atoms with Crippen LogP contribution in [-0.4, -0.2) is 50.7 Å². The second-order valence-corrected chi connectivity index (χ2v) is 12.8. The van der Waals surface area contributed by atoms with Gasteiger partial charge in [-0.05, 0) is 61.9 Å². The van der Waals surface area contributed by atoms with Gasteiger partial charge in [-0.3, -0.25) is 0 Å². The fraction of sp³-hybridized carbons (Fsp3) is 0.229. The molecular weight excluding hydrogens is 665 g/mol. The number of carbonyl (C=O) groups is 1. The molecule has 13 heteroatoms. The first-order valence-electron chi connectivity index (χ1n) is 14.6. The Kier molecular flexibility index (Phi) is 11.4. The predicted molar refractivity (Wildman–Crippen MR) is 175 cm³/mol. The Bertz CT molecular complexity index is 1860. The first kappa shape index (κ1) is 34.9. The van der Waals surface area contributed by atoms with Crippen molar-refractivity contribution in [2.24, 2.45) is 0 Å². The van der Waals surface area contributed by atoms with Gasteiger partial charge in [0, 0.05) is 27.5 Å². The van der Waals surface area contributed by atoms with Crippen molar-refractivity contribution in [1.82, 2.24) is 14.8 Å². The van der Waals surface area contributed by atoms with Gasteiger partial charge in [0.1, 0.15) is 30.1 Å². The van der Waals surface area contributed by atoms with Gasteiger partial charge in [0.25, 0.3) is 0 Å². The molecule has 0 amide bonds. The zero-order chi connectivity index (χ0) is 34.3. The highest BCUT2D eigenvalue weighted by atomic mass is 35.5. The van der Waals surface area contributed by atoms with Crippen LogP contribution < -0.4 is 0 Å². The van der Waals surface area contributed by atoms with Crippen LogP contribution in [0.4, 0.5) is 13.2 Å². The number of ether oxygens (including phenoxy) is 3. The third-order valence-corrected chi connectivity index (χ3v) is 9.39. The van der Waals surface area contributed by atoms with Crippen LogP contribution in [0.3, 0.4) is 0 Å². The first-order chi connectivity index (χ1) is 23.1. The number of esters is 1. The van der Waals surface area contributed by atoms with Gasteiger partial charge in [0.2, 0.25) is 0 Å². The van der Waals surface area contributed by atoms with Crippen molar-refractivity contribution in [2.75, 3.05) is 13.2 Å². The quantitative estimate of drug-likeness (QED) is 0.119. The van der Waals surface area contributed by atoms with E-state index in [9.17, 15) is 13.6 Å². The van der Waals surface area contributed by atoms with Crippen LogP contribution in [-0.2, 0) is 26.4 Å². The molecule has 1 aliphatic rings. The number of allylic oxidation sites excluding steroid dienone is 2. The number of aromatic nitrogens is 3. The van der Waals surface area contributed by atoms with Crippen LogP contribution in [0.5, 0.6) is 0 Å². The van der Waals surface area contributed by atoms with Crippen molar-refractivity contribution in [1.29, 1.82) is 5.26 Å². The second-order valence-electron chi connectivity index (χ2n) is 10.8. The molecule has 48 heavy (non-hydrogen) atoms. The van der Waals surface area contributed by atoms with Gasteiger partial charge in [-0.15, -0.1) is 11.8 Å². The Balaban J connectivity index is 1.35. The molecule has 1 fully saturated rings. The maximum Gasteiger partial charge on any atom is 0.339 e. The molecule has 1 aromatic heterocycles. The predicted octanol–water partition coefficient (Wildman–Crippen LogP) is 7.29. The van der Waals surface area contributed by atoms with Crippen LogP contribution in [0.1, 0.15) is 39.5 Å². The van der Waals surface area contributed by atoms with Crippen LogP contribution >= 0.6 is 23.4 Å². The summed E-state index contributed by atoms with van der Waals surface area (Å²) >= 11 is 7.57. The lowest BCUT2D eigenvalue weighted by Gasteiger charge is -2.40. The Morgan fingerprint density at radius 1 is 1.19 bits per heavy atom. The maximum atomic E-state index is 15.7. The lowest BCUT2D eigenvalue weighted by atomic mass is 9.89. The van der Waals surface area contributed by atoms with Crippen LogP contribution in [0.25, 0.3) is 6.08 Å². The first-order valence-corrected chi connectivity index (χ1v) is 16.0. The van der Waals surface area contributed by atoms with Crippen molar-refractivity contribution >= 4 is 35.4 Å². The van der Waals surface area contributed by atoms with Gasteiger partial charge >= 0.3 is 5.97 Å². The summed E-state index contributed by atoms with van der Waals surface area (Å²) in [5, 5.41) is 12.4. The zero-order valence-corrected chi connectivity index (χ0v) is 27.1. The average Bonchev–Trinajstić information content (AvgIpc) is 3.58. The zero-order valence-electron chi connectivity index (χ0n) is 25.6. The number of nitriles is 1. The summed E-state index contributed by atoms with van der Waals surface area (Å²) in [5.41, 5.74) is -0.919. The van der Waals surface area contributed by atoms with Crippen molar-refractivity contribution in [3.63, 3.8) is 0 Å².